The van der Waals surface area contributed by atoms with Crippen LogP contribution in [0.4, 0.5) is 0 Å². The van der Waals surface area contributed by atoms with Crippen LogP contribution in [0.25, 0.3) is 10.9 Å². The standard InChI is InChI=1S/C11H9NO2S/c13-11(14)9-7-3-1-2-4-8(7)12-5-6-15-10(9)12/h1-4H,5-6H2,(H,13,14). The Kier molecular flexibility index (Phi) is 1.79. The summed E-state index contributed by atoms with van der Waals surface area (Å²) in [6.45, 7) is 0.911. The van der Waals surface area contributed by atoms with E-state index in [2.05, 4.69) is 4.57 Å². The number of rotatable bonds is 1. The van der Waals surface area contributed by atoms with Crippen LogP contribution in [-0.4, -0.2) is 21.4 Å². The number of carbonyl (C=O) groups is 1. The number of carboxylic acid groups (broad SMARTS) is 1. The molecule has 3 rings (SSSR count). The molecular formula is C11H9NO2S. The van der Waals surface area contributed by atoms with Gasteiger partial charge in [-0.3, -0.25) is 0 Å². The summed E-state index contributed by atoms with van der Waals surface area (Å²) in [6, 6.07) is 7.70. The average molecular weight is 219 g/mol. The van der Waals surface area contributed by atoms with Gasteiger partial charge in [0, 0.05) is 23.2 Å². The molecule has 1 aliphatic heterocycles. The molecular weight excluding hydrogens is 210 g/mol. The molecule has 4 heteroatoms. The second kappa shape index (κ2) is 3.03. The van der Waals surface area contributed by atoms with Crippen LogP contribution < -0.4 is 0 Å². The van der Waals surface area contributed by atoms with Crippen LogP contribution in [0, 0.1) is 0 Å². The van der Waals surface area contributed by atoms with E-state index in [1.807, 2.05) is 24.3 Å². The number of hydrogen-bond acceptors (Lipinski definition) is 2. The normalized spacial score (nSPS) is 14.4. The summed E-state index contributed by atoms with van der Waals surface area (Å²) in [5, 5.41) is 11.0. The van der Waals surface area contributed by atoms with Gasteiger partial charge in [-0.1, -0.05) is 18.2 Å². The molecule has 3 nitrogen and oxygen atoms in total. The number of aromatic nitrogens is 1. The molecule has 0 unspecified atom stereocenters. The summed E-state index contributed by atoms with van der Waals surface area (Å²) in [4.78, 5) is 11.2. The lowest BCUT2D eigenvalue weighted by Gasteiger charge is -1.96. The van der Waals surface area contributed by atoms with Gasteiger partial charge >= 0.3 is 5.97 Å². The molecule has 0 amide bonds. The molecule has 2 heterocycles. The van der Waals surface area contributed by atoms with Gasteiger partial charge in [0.05, 0.1) is 10.6 Å². The van der Waals surface area contributed by atoms with Gasteiger partial charge in [0.25, 0.3) is 0 Å². The highest BCUT2D eigenvalue weighted by Crippen LogP contribution is 2.37. The molecule has 15 heavy (non-hydrogen) atoms. The average Bonchev–Trinajstić information content (AvgIpc) is 2.75. The van der Waals surface area contributed by atoms with E-state index in [0.29, 0.717) is 5.56 Å². The largest absolute Gasteiger partial charge is 0.478 e. The fourth-order valence-electron chi connectivity index (χ4n) is 2.09. The third-order valence-corrected chi connectivity index (χ3v) is 3.78. The monoisotopic (exact) mass is 219 g/mol. The predicted octanol–water partition coefficient (Wildman–Crippen LogP) is 2.45. The van der Waals surface area contributed by atoms with E-state index in [1.54, 1.807) is 11.8 Å². The van der Waals surface area contributed by atoms with Crippen molar-refractivity contribution in [1.29, 1.82) is 0 Å². The Bertz CT molecular complexity index is 559. The van der Waals surface area contributed by atoms with Crippen molar-refractivity contribution in [3.8, 4) is 0 Å². The van der Waals surface area contributed by atoms with Gasteiger partial charge in [-0.25, -0.2) is 4.79 Å². The Balaban J connectivity index is 2.46. The number of carboxylic acids is 1. The lowest BCUT2D eigenvalue weighted by atomic mass is 10.2. The summed E-state index contributed by atoms with van der Waals surface area (Å²) < 4.78 is 2.10. The first kappa shape index (κ1) is 8.85. The summed E-state index contributed by atoms with van der Waals surface area (Å²) in [7, 11) is 0. The van der Waals surface area contributed by atoms with E-state index in [9.17, 15) is 9.90 Å². The van der Waals surface area contributed by atoms with E-state index < -0.39 is 5.97 Å². The zero-order valence-electron chi connectivity index (χ0n) is 7.93. The van der Waals surface area contributed by atoms with Gasteiger partial charge in [-0.15, -0.1) is 11.8 Å². The number of aryl methyl sites for hydroxylation is 1. The molecule has 1 aromatic carbocycles. The van der Waals surface area contributed by atoms with Crippen molar-refractivity contribution in [3.05, 3.63) is 29.8 Å². The minimum Gasteiger partial charge on any atom is -0.478 e. The van der Waals surface area contributed by atoms with Gasteiger partial charge in [-0.2, -0.15) is 0 Å². The topological polar surface area (TPSA) is 42.2 Å². The zero-order valence-corrected chi connectivity index (χ0v) is 8.75. The minimum absolute atomic E-state index is 0.466. The second-order valence-electron chi connectivity index (χ2n) is 3.50. The van der Waals surface area contributed by atoms with Crippen molar-refractivity contribution in [2.24, 2.45) is 0 Å². The van der Waals surface area contributed by atoms with E-state index >= 15 is 0 Å². The van der Waals surface area contributed by atoms with Gasteiger partial charge < -0.3 is 9.67 Å². The highest BCUT2D eigenvalue weighted by atomic mass is 32.2. The zero-order chi connectivity index (χ0) is 10.4. The molecule has 1 aromatic heterocycles. The van der Waals surface area contributed by atoms with Crippen molar-refractivity contribution in [2.45, 2.75) is 11.6 Å². The van der Waals surface area contributed by atoms with Crippen LogP contribution in [0.15, 0.2) is 29.3 Å². The number of hydrogen-bond donors (Lipinski definition) is 1. The van der Waals surface area contributed by atoms with E-state index in [4.69, 9.17) is 0 Å². The first-order valence-electron chi connectivity index (χ1n) is 4.76. The number of fused-ring (bicyclic) bond motifs is 3. The summed E-state index contributed by atoms with van der Waals surface area (Å²) in [5.74, 6) is 0.148. The van der Waals surface area contributed by atoms with Gasteiger partial charge in [0.1, 0.15) is 0 Å². The molecule has 0 bridgehead atoms. The second-order valence-corrected chi connectivity index (χ2v) is 4.59. The molecule has 0 aliphatic carbocycles. The van der Waals surface area contributed by atoms with E-state index in [1.165, 1.54) is 0 Å². The number of benzene rings is 1. The van der Waals surface area contributed by atoms with Crippen LogP contribution in [0.5, 0.6) is 0 Å². The van der Waals surface area contributed by atoms with Crippen molar-refractivity contribution in [3.63, 3.8) is 0 Å². The van der Waals surface area contributed by atoms with Crippen LogP contribution >= 0.6 is 11.8 Å². The van der Waals surface area contributed by atoms with Gasteiger partial charge in [0.15, 0.2) is 0 Å². The molecule has 0 radical (unpaired) electrons. The van der Waals surface area contributed by atoms with Crippen molar-refractivity contribution in [2.75, 3.05) is 5.75 Å². The first-order valence-corrected chi connectivity index (χ1v) is 5.75. The molecule has 0 saturated heterocycles. The first-order chi connectivity index (χ1) is 7.29. The van der Waals surface area contributed by atoms with Crippen LogP contribution in [-0.2, 0) is 6.54 Å². The Morgan fingerprint density at radius 1 is 1.40 bits per heavy atom. The maximum Gasteiger partial charge on any atom is 0.339 e. The Hall–Kier alpha value is -1.42. The molecule has 2 aromatic rings. The van der Waals surface area contributed by atoms with Gasteiger partial charge in [-0.05, 0) is 6.07 Å². The number of thioether (sulfide) groups is 1. The Morgan fingerprint density at radius 2 is 2.20 bits per heavy atom. The Morgan fingerprint density at radius 3 is 3.00 bits per heavy atom. The van der Waals surface area contributed by atoms with E-state index in [0.717, 1.165) is 28.2 Å². The van der Waals surface area contributed by atoms with Crippen LogP contribution in [0.3, 0.4) is 0 Å². The molecule has 76 valence electrons. The fourth-order valence-corrected chi connectivity index (χ4v) is 3.25. The molecule has 0 atom stereocenters. The summed E-state index contributed by atoms with van der Waals surface area (Å²) in [6.07, 6.45) is 0. The molecule has 0 fully saturated rings. The third-order valence-electron chi connectivity index (χ3n) is 2.69. The van der Waals surface area contributed by atoms with Crippen molar-refractivity contribution >= 4 is 28.6 Å². The van der Waals surface area contributed by atoms with Gasteiger partial charge in [0.2, 0.25) is 0 Å². The molecule has 1 N–H and O–H groups in total. The highest BCUT2D eigenvalue weighted by Gasteiger charge is 2.25. The summed E-state index contributed by atoms with van der Waals surface area (Å²) in [5.41, 5.74) is 1.50. The SMILES string of the molecule is O=C(O)c1c2n(c3ccccc13)CCS2. The lowest BCUT2D eigenvalue weighted by molar-refractivity contribution is 0.0695. The van der Waals surface area contributed by atoms with Crippen molar-refractivity contribution < 1.29 is 9.90 Å². The quantitative estimate of drug-likeness (QED) is 0.801. The lowest BCUT2D eigenvalue weighted by Crippen LogP contribution is -1.96. The number of aromatic carboxylic acids is 1. The summed E-state index contributed by atoms with van der Waals surface area (Å²) >= 11 is 1.63. The maximum atomic E-state index is 11.2. The molecule has 0 spiro atoms. The minimum atomic E-state index is -0.825. The number of para-hydroxylation sites is 1. The molecule has 1 aliphatic rings. The van der Waals surface area contributed by atoms with Crippen molar-refractivity contribution in [1.82, 2.24) is 4.57 Å². The predicted molar refractivity (Wildman–Crippen MR) is 59.6 cm³/mol. The highest BCUT2D eigenvalue weighted by molar-refractivity contribution is 7.99. The number of nitrogens with zero attached hydrogens (tertiary/aromatic N) is 1. The van der Waals surface area contributed by atoms with Crippen LogP contribution in [0.2, 0.25) is 0 Å². The van der Waals surface area contributed by atoms with Crippen LogP contribution in [0.1, 0.15) is 10.4 Å². The fraction of sp³-hybridized carbons (Fsp3) is 0.182. The smallest absolute Gasteiger partial charge is 0.339 e. The maximum absolute atomic E-state index is 11.2. The van der Waals surface area contributed by atoms with E-state index in [-0.39, 0.29) is 0 Å². The Labute approximate surface area is 90.7 Å². The molecule has 0 saturated carbocycles. The third kappa shape index (κ3) is 1.11.